The Morgan fingerprint density at radius 3 is 2.50 bits per heavy atom. The molecule has 0 fully saturated rings. The molecule has 13 heteroatoms. The number of carbonyl (C=O) groups is 1. The Hall–Kier alpha value is -3.71. The standard InChI is InChI=1S/C21H23N5O7S/c1-12-5-6-15-13(9-12)10-14(26(15)21(29)30)11-25-19(27)17-18(24(3)20(25)28)22-16(23(17)2)7-8-33-34(4,31)32/h5-6,9-10H,7-8,11H2,1-4H3,(H,29,30). The molecule has 4 aromatic rings. The van der Waals surface area contributed by atoms with Crippen LogP contribution in [0.5, 0.6) is 0 Å². The maximum atomic E-state index is 13.3. The molecule has 0 bridgehead atoms. The summed E-state index contributed by atoms with van der Waals surface area (Å²) in [6.07, 6.45) is -0.200. The Bertz CT molecular complexity index is 1690. The molecule has 0 saturated heterocycles. The van der Waals surface area contributed by atoms with Gasteiger partial charge in [0.2, 0.25) is 0 Å². The second-order valence-corrected chi connectivity index (χ2v) is 9.73. The largest absolute Gasteiger partial charge is 0.464 e. The van der Waals surface area contributed by atoms with E-state index in [0.29, 0.717) is 16.7 Å². The first-order valence-corrected chi connectivity index (χ1v) is 12.0. The van der Waals surface area contributed by atoms with Crippen molar-refractivity contribution in [2.45, 2.75) is 19.9 Å². The highest BCUT2D eigenvalue weighted by Gasteiger charge is 2.21. The second kappa shape index (κ2) is 8.25. The molecule has 0 amide bonds. The van der Waals surface area contributed by atoms with E-state index in [2.05, 4.69) is 4.98 Å². The topological polar surface area (TPSA) is 147 Å². The number of nitrogens with zero attached hydrogens (tertiary/aromatic N) is 5. The van der Waals surface area contributed by atoms with Crippen LogP contribution in [0, 0.1) is 6.92 Å². The summed E-state index contributed by atoms with van der Waals surface area (Å²) in [4.78, 5) is 42.7. The molecule has 12 nitrogen and oxygen atoms in total. The van der Waals surface area contributed by atoms with Gasteiger partial charge in [-0.2, -0.15) is 8.42 Å². The third kappa shape index (κ3) is 4.03. The van der Waals surface area contributed by atoms with Crippen LogP contribution in [0.25, 0.3) is 22.1 Å². The number of hydrogen-bond donors (Lipinski definition) is 1. The van der Waals surface area contributed by atoms with Crippen LogP contribution in [0.15, 0.2) is 33.9 Å². The summed E-state index contributed by atoms with van der Waals surface area (Å²) in [5.41, 5.74) is 0.624. The molecule has 3 heterocycles. The normalized spacial score (nSPS) is 12.1. The van der Waals surface area contributed by atoms with Crippen LogP contribution in [0.4, 0.5) is 4.79 Å². The molecule has 1 N–H and O–H groups in total. The van der Waals surface area contributed by atoms with Gasteiger partial charge < -0.3 is 9.67 Å². The number of imidazole rings is 1. The number of fused-ring (bicyclic) bond motifs is 2. The average molecular weight is 490 g/mol. The molecule has 4 rings (SSSR count). The fourth-order valence-electron chi connectivity index (χ4n) is 4.03. The van der Waals surface area contributed by atoms with Crippen LogP contribution in [-0.2, 0) is 41.4 Å². The molecule has 0 aliphatic heterocycles. The van der Waals surface area contributed by atoms with E-state index >= 15 is 0 Å². The van der Waals surface area contributed by atoms with Crippen molar-refractivity contribution in [2.75, 3.05) is 12.9 Å². The molecule has 0 aliphatic rings. The van der Waals surface area contributed by atoms with E-state index in [-0.39, 0.29) is 36.4 Å². The van der Waals surface area contributed by atoms with Crippen molar-refractivity contribution < 1.29 is 22.5 Å². The molecule has 3 aromatic heterocycles. The van der Waals surface area contributed by atoms with Crippen molar-refractivity contribution in [3.8, 4) is 0 Å². The fourth-order valence-corrected chi connectivity index (χ4v) is 4.42. The summed E-state index contributed by atoms with van der Waals surface area (Å²) in [6.45, 7) is 1.45. The van der Waals surface area contributed by atoms with Gasteiger partial charge in [0.05, 0.1) is 30.6 Å². The van der Waals surface area contributed by atoms with E-state index in [4.69, 9.17) is 4.18 Å². The first-order valence-electron chi connectivity index (χ1n) is 10.2. The van der Waals surface area contributed by atoms with E-state index in [1.54, 1.807) is 25.2 Å². The molecular formula is C21H23N5O7S. The first-order chi connectivity index (χ1) is 15.9. The van der Waals surface area contributed by atoms with Gasteiger partial charge in [-0.1, -0.05) is 11.6 Å². The van der Waals surface area contributed by atoms with Crippen LogP contribution in [0.2, 0.25) is 0 Å². The SMILES string of the molecule is Cc1ccc2c(c1)cc(Cn1c(=O)c3c(nc(CCOS(C)(=O)=O)n3C)n(C)c1=O)n2C(=O)O. The highest BCUT2D eigenvalue weighted by Crippen LogP contribution is 2.22. The number of hydrogen-bond acceptors (Lipinski definition) is 7. The second-order valence-electron chi connectivity index (χ2n) is 8.08. The fraction of sp³-hybridized carbons (Fsp3) is 0.333. The third-order valence-corrected chi connectivity index (χ3v) is 6.22. The zero-order valence-corrected chi connectivity index (χ0v) is 19.8. The van der Waals surface area contributed by atoms with Crippen LogP contribution >= 0.6 is 0 Å². The van der Waals surface area contributed by atoms with Crippen molar-refractivity contribution in [1.82, 2.24) is 23.3 Å². The lowest BCUT2D eigenvalue weighted by Crippen LogP contribution is -2.40. The van der Waals surface area contributed by atoms with Gasteiger partial charge in [0.25, 0.3) is 15.7 Å². The van der Waals surface area contributed by atoms with Gasteiger partial charge in [0.1, 0.15) is 5.82 Å². The minimum absolute atomic E-state index is 0.0957. The summed E-state index contributed by atoms with van der Waals surface area (Å²) in [5, 5.41) is 10.5. The Morgan fingerprint density at radius 1 is 1.15 bits per heavy atom. The highest BCUT2D eigenvalue weighted by atomic mass is 32.2. The Labute approximate surface area is 193 Å². The average Bonchev–Trinajstić information content (AvgIpc) is 3.26. The van der Waals surface area contributed by atoms with Gasteiger partial charge in [-0.25, -0.2) is 19.1 Å². The molecular weight excluding hydrogens is 466 g/mol. The molecule has 0 aliphatic carbocycles. The lowest BCUT2D eigenvalue weighted by Gasteiger charge is -2.10. The zero-order chi connectivity index (χ0) is 24.9. The minimum Gasteiger partial charge on any atom is -0.464 e. The molecule has 1 aromatic carbocycles. The van der Waals surface area contributed by atoms with Gasteiger partial charge in [0.15, 0.2) is 11.2 Å². The molecule has 0 radical (unpaired) electrons. The molecule has 0 atom stereocenters. The van der Waals surface area contributed by atoms with Gasteiger partial charge in [0, 0.05) is 25.9 Å². The van der Waals surface area contributed by atoms with E-state index in [1.807, 2.05) is 13.0 Å². The lowest BCUT2D eigenvalue weighted by molar-refractivity contribution is 0.196. The summed E-state index contributed by atoms with van der Waals surface area (Å²) in [5.74, 6) is 0.360. The molecule has 0 saturated carbocycles. The molecule has 0 spiro atoms. The predicted octanol–water partition coefficient (Wildman–Crippen LogP) is 0.790. The van der Waals surface area contributed by atoms with Gasteiger partial charge in [-0.05, 0) is 25.1 Å². The number of carboxylic acid groups (broad SMARTS) is 1. The number of benzene rings is 1. The first kappa shape index (κ1) is 23.4. The van der Waals surface area contributed by atoms with Gasteiger partial charge in [-0.3, -0.25) is 18.1 Å². The highest BCUT2D eigenvalue weighted by molar-refractivity contribution is 7.85. The van der Waals surface area contributed by atoms with E-state index in [1.165, 1.54) is 16.2 Å². The van der Waals surface area contributed by atoms with Crippen molar-refractivity contribution >= 4 is 38.3 Å². The molecule has 180 valence electrons. The zero-order valence-electron chi connectivity index (χ0n) is 19.0. The van der Waals surface area contributed by atoms with Gasteiger partial charge >= 0.3 is 11.8 Å². The van der Waals surface area contributed by atoms with Crippen molar-refractivity contribution in [3.63, 3.8) is 0 Å². The van der Waals surface area contributed by atoms with Crippen LogP contribution < -0.4 is 11.2 Å². The maximum Gasteiger partial charge on any atom is 0.416 e. The van der Waals surface area contributed by atoms with E-state index in [9.17, 15) is 27.9 Å². The Balaban J connectivity index is 1.84. The van der Waals surface area contributed by atoms with Crippen LogP contribution in [0.1, 0.15) is 17.1 Å². The van der Waals surface area contributed by atoms with Crippen molar-refractivity contribution in [2.24, 2.45) is 14.1 Å². The summed E-state index contributed by atoms with van der Waals surface area (Å²) in [6, 6.07) is 6.93. The van der Waals surface area contributed by atoms with Crippen LogP contribution in [-0.4, -0.2) is 55.7 Å². The third-order valence-electron chi connectivity index (χ3n) is 5.62. The van der Waals surface area contributed by atoms with Gasteiger partial charge in [-0.15, -0.1) is 0 Å². The van der Waals surface area contributed by atoms with E-state index in [0.717, 1.165) is 21.0 Å². The van der Waals surface area contributed by atoms with E-state index < -0.39 is 27.5 Å². The predicted molar refractivity (Wildman–Crippen MR) is 124 cm³/mol. The number of aryl methyl sites for hydroxylation is 3. The summed E-state index contributed by atoms with van der Waals surface area (Å²) in [7, 11) is -0.594. The molecule has 0 unspecified atom stereocenters. The summed E-state index contributed by atoms with van der Waals surface area (Å²) < 4.78 is 31.9. The number of aromatic nitrogens is 5. The van der Waals surface area contributed by atoms with Crippen LogP contribution in [0.3, 0.4) is 0 Å². The lowest BCUT2D eigenvalue weighted by atomic mass is 10.2. The Morgan fingerprint density at radius 2 is 1.85 bits per heavy atom. The maximum absolute atomic E-state index is 13.3. The monoisotopic (exact) mass is 489 g/mol. The minimum atomic E-state index is -3.64. The molecule has 34 heavy (non-hydrogen) atoms. The smallest absolute Gasteiger partial charge is 0.416 e. The quantitative estimate of drug-likeness (QED) is 0.391. The van der Waals surface area contributed by atoms with Crippen molar-refractivity contribution in [3.05, 3.63) is 62.2 Å². The number of rotatable bonds is 6. The Kier molecular flexibility index (Phi) is 5.69. The van der Waals surface area contributed by atoms with Crippen molar-refractivity contribution in [1.29, 1.82) is 0 Å². The summed E-state index contributed by atoms with van der Waals surface area (Å²) >= 11 is 0.